The molecule has 0 fully saturated rings. The summed E-state index contributed by atoms with van der Waals surface area (Å²) >= 11 is 0. The molecule has 2 aromatic rings. The van der Waals surface area contributed by atoms with Gasteiger partial charge < -0.3 is 14.6 Å². The lowest BCUT2D eigenvalue weighted by Gasteiger charge is -2.21. The Morgan fingerprint density at radius 2 is 1.45 bits per heavy atom. The second-order valence-corrected chi connectivity index (χ2v) is 4.79. The van der Waals surface area contributed by atoms with Gasteiger partial charge in [-0.15, -0.1) is 0 Å². The van der Waals surface area contributed by atoms with Crippen LogP contribution in [0.3, 0.4) is 0 Å². The number of benzene rings is 2. The summed E-state index contributed by atoms with van der Waals surface area (Å²) in [5, 5.41) is 8.88. The Morgan fingerprint density at radius 1 is 0.909 bits per heavy atom. The molecule has 0 aromatic heterocycles. The number of aliphatic hydroxyl groups excluding tert-OH is 1. The minimum Gasteiger partial charge on any atom is -0.496 e. The van der Waals surface area contributed by atoms with Crippen molar-refractivity contribution >= 4 is 11.6 Å². The van der Waals surface area contributed by atoms with Gasteiger partial charge in [0.1, 0.15) is 18.1 Å². The first kappa shape index (κ1) is 14.3. The number of fused-ring (bicyclic) bond motifs is 2. The van der Waals surface area contributed by atoms with E-state index in [4.69, 9.17) is 14.6 Å². The van der Waals surface area contributed by atoms with Gasteiger partial charge in [0.2, 0.25) is 0 Å². The lowest BCUT2D eigenvalue weighted by Crippen LogP contribution is -2.23. The lowest BCUT2D eigenvalue weighted by molar-refractivity contribution is 0.0972. The van der Waals surface area contributed by atoms with Gasteiger partial charge in [0, 0.05) is 11.1 Å². The molecule has 0 aliphatic heterocycles. The minimum absolute atomic E-state index is 0.0584. The van der Waals surface area contributed by atoms with Crippen LogP contribution >= 0.6 is 0 Å². The van der Waals surface area contributed by atoms with Crippen molar-refractivity contribution in [2.45, 2.75) is 0 Å². The molecule has 112 valence electrons. The molecular formula is C17H14O5. The summed E-state index contributed by atoms with van der Waals surface area (Å²) in [7, 11) is 1.46. The zero-order chi connectivity index (χ0) is 15.7. The average molecular weight is 298 g/mol. The van der Waals surface area contributed by atoms with Crippen LogP contribution in [0.5, 0.6) is 11.5 Å². The number of ether oxygens (including phenoxy) is 2. The topological polar surface area (TPSA) is 72.8 Å². The van der Waals surface area contributed by atoms with Gasteiger partial charge in [0.05, 0.1) is 24.8 Å². The number of hydrogen-bond donors (Lipinski definition) is 1. The SMILES string of the molecule is COc1cccc2c1C(=O)c1cccc(OCCO)c1C2=O. The van der Waals surface area contributed by atoms with Gasteiger partial charge in [0.15, 0.2) is 11.6 Å². The average Bonchev–Trinajstić information content (AvgIpc) is 2.56. The van der Waals surface area contributed by atoms with Crippen LogP contribution in [0.1, 0.15) is 31.8 Å². The van der Waals surface area contributed by atoms with Crippen molar-refractivity contribution < 1.29 is 24.2 Å². The highest BCUT2D eigenvalue weighted by atomic mass is 16.5. The van der Waals surface area contributed by atoms with Crippen LogP contribution in [0.2, 0.25) is 0 Å². The van der Waals surface area contributed by atoms with E-state index in [1.54, 1.807) is 36.4 Å². The van der Waals surface area contributed by atoms with E-state index in [1.165, 1.54) is 7.11 Å². The third-order valence-electron chi connectivity index (χ3n) is 3.56. The Kier molecular flexibility index (Phi) is 3.65. The number of carbonyl (C=O) groups is 2. The van der Waals surface area contributed by atoms with Gasteiger partial charge in [-0.2, -0.15) is 0 Å². The molecule has 0 amide bonds. The van der Waals surface area contributed by atoms with Crippen molar-refractivity contribution in [3.63, 3.8) is 0 Å². The normalized spacial score (nSPS) is 12.6. The maximum absolute atomic E-state index is 12.8. The standard InChI is InChI=1S/C17H14O5/c1-21-12-6-2-4-10-14(12)16(19)11-5-3-7-13(22-9-8-18)15(11)17(10)20/h2-7,18H,8-9H2,1H3. The van der Waals surface area contributed by atoms with E-state index in [-0.39, 0.29) is 41.5 Å². The summed E-state index contributed by atoms with van der Waals surface area (Å²) in [6.45, 7) is -0.112. The molecule has 5 nitrogen and oxygen atoms in total. The van der Waals surface area contributed by atoms with Gasteiger partial charge >= 0.3 is 0 Å². The summed E-state index contributed by atoms with van der Waals surface area (Å²) in [4.78, 5) is 25.5. The van der Waals surface area contributed by atoms with Crippen molar-refractivity contribution in [3.8, 4) is 11.5 Å². The Hall–Kier alpha value is -2.66. The molecule has 0 atom stereocenters. The van der Waals surface area contributed by atoms with E-state index < -0.39 is 0 Å². The summed E-state index contributed by atoms with van der Waals surface area (Å²) in [5.74, 6) is 0.134. The van der Waals surface area contributed by atoms with Crippen LogP contribution in [0.4, 0.5) is 0 Å². The van der Waals surface area contributed by atoms with Crippen molar-refractivity contribution in [2.75, 3.05) is 20.3 Å². The van der Waals surface area contributed by atoms with Crippen LogP contribution in [0, 0.1) is 0 Å². The molecule has 0 heterocycles. The Labute approximate surface area is 127 Å². The predicted molar refractivity (Wildman–Crippen MR) is 78.9 cm³/mol. The third kappa shape index (κ3) is 2.07. The molecule has 0 saturated heterocycles. The molecule has 2 aromatic carbocycles. The van der Waals surface area contributed by atoms with Crippen molar-refractivity contribution in [1.29, 1.82) is 0 Å². The third-order valence-corrected chi connectivity index (χ3v) is 3.56. The highest BCUT2D eigenvalue weighted by Crippen LogP contribution is 2.36. The van der Waals surface area contributed by atoms with Crippen molar-refractivity contribution in [2.24, 2.45) is 0 Å². The van der Waals surface area contributed by atoms with Crippen molar-refractivity contribution in [1.82, 2.24) is 0 Å². The van der Waals surface area contributed by atoms with E-state index >= 15 is 0 Å². The number of aliphatic hydroxyl groups is 1. The van der Waals surface area contributed by atoms with E-state index in [1.807, 2.05) is 0 Å². The predicted octanol–water partition coefficient (Wildman–Crippen LogP) is 1.84. The molecule has 0 saturated carbocycles. The maximum Gasteiger partial charge on any atom is 0.198 e. The highest BCUT2D eigenvalue weighted by molar-refractivity contribution is 6.30. The van der Waals surface area contributed by atoms with Gasteiger partial charge in [-0.25, -0.2) is 0 Å². The van der Waals surface area contributed by atoms with Crippen LogP contribution in [0.15, 0.2) is 36.4 Å². The van der Waals surface area contributed by atoms with Crippen LogP contribution in [-0.4, -0.2) is 37.0 Å². The number of hydrogen-bond acceptors (Lipinski definition) is 5. The first-order valence-electron chi connectivity index (χ1n) is 6.82. The number of carbonyl (C=O) groups excluding carboxylic acids is 2. The zero-order valence-electron chi connectivity index (χ0n) is 12.0. The molecule has 0 bridgehead atoms. The molecule has 1 aliphatic rings. The molecule has 3 rings (SSSR count). The Morgan fingerprint density at radius 3 is 2.00 bits per heavy atom. The first-order chi connectivity index (χ1) is 10.7. The second kappa shape index (κ2) is 5.61. The minimum atomic E-state index is -0.281. The fourth-order valence-corrected chi connectivity index (χ4v) is 2.62. The lowest BCUT2D eigenvalue weighted by atomic mass is 9.83. The zero-order valence-corrected chi connectivity index (χ0v) is 12.0. The molecule has 22 heavy (non-hydrogen) atoms. The van der Waals surface area contributed by atoms with Crippen LogP contribution in [-0.2, 0) is 0 Å². The molecule has 1 N–H and O–H groups in total. The molecular weight excluding hydrogens is 284 g/mol. The van der Waals surface area contributed by atoms with Gasteiger partial charge in [-0.3, -0.25) is 9.59 Å². The Balaban J connectivity index is 2.20. The summed E-state index contributed by atoms with van der Waals surface area (Å²) in [6, 6.07) is 9.79. The van der Waals surface area contributed by atoms with Crippen LogP contribution < -0.4 is 9.47 Å². The number of methoxy groups -OCH3 is 1. The molecule has 5 heteroatoms. The molecule has 1 aliphatic carbocycles. The van der Waals surface area contributed by atoms with E-state index in [0.29, 0.717) is 17.1 Å². The fourth-order valence-electron chi connectivity index (χ4n) is 2.62. The first-order valence-corrected chi connectivity index (χ1v) is 6.82. The maximum atomic E-state index is 12.8. The van der Waals surface area contributed by atoms with E-state index in [0.717, 1.165) is 0 Å². The monoisotopic (exact) mass is 298 g/mol. The van der Waals surface area contributed by atoms with E-state index in [2.05, 4.69) is 0 Å². The van der Waals surface area contributed by atoms with Gasteiger partial charge in [-0.05, 0) is 12.1 Å². The Bertz CT molecular complexity index is 764. The quantitative estimate of drug-likeness (QED) is 0.795. The smallest absolute Gasteiger partial charge is 0.198 e. The largest absolute Gasteiger partial charge is 0.496 e. The number of rotatable bonds is 4. The van der Waals surface area contributed by atoms with Gasteiger partial charge in [-0.1, -0.05) is 24.3 Å². The van der Waals surface area contributed by atoms with Gasteiger partial charge in [0.25, 0.3) is 0 Å². The fraction of sp³-hybridized carbons (Fsp3) is 0.176. The number of ketones is 2. The highest BCUT2D eigenvalue weighted by Gasteiger charge is 2.34. The van der Waals surface area contributed by atoms with E-state index in [9.17, 15) is 9.59 Å². The second-order valence-electron chi connectivity index (χ2n) is 4.79. The summed E-state index contributed by atoms with van der Waals surface area (Å²) in [6.07, 6.45) is 0. The molecule has 0 radical (unpaired) electrons. The summed E-state index contributed by atoms with van der Waals surface area (Å²) in [5.41, 5.74) is 1.11. The molecule has 0 unspecified atom stereocenters. The van der Waals surface area contributed by atoms with Crippen LogP contribution in [0.25, 0.3) is 0 Å². The van der Waals surface area contributed by atoms with Crippen molar-refractivity contribution in [3.05, 3.63) is 58.7 Å². The summed E-state index contributed by atoms with van der Waals surface area (Å²) < 4.78 is 10.6. The molecule has 0 spiro atoms.